The SMILES string of the molecule is Nc1cccc2c1CCCN2C(=O)c1cc(Br)cc(Br)c1. The van der Waals surface area contributed by atoms with Gasteiger partial charge in [0.25, 0.3) is 5.91 Å². The number of fused-ring (bicyclic) bond motifs is 1. The van der Waals surface area contributed by atoms with Crippen molar-refractivity contribution in [2.75, 3.05) is 17.2 Å². The molecule has 0 saturated heterocycles. The van der Waals surface area contributed by atoms with E-state index < -0.39 is 0 Å². The second-order valence-corrected chi connectivity index (χ2v) is 6.89. The molecule has 2 aromatic carbocycles. The number of halogens is 2. The first kappa shape index (κ1) is 14.6. The number of anilines is 2. The predicted octanol–water partition coefficient (Wildman–Crippen LogP) is 4.39. The summed E-state index contributed by atoms with van der Waals surface area (Å²) >= 11 is 6.86. The van der Waals surface area contributed by atoms with Crippen molar-refractivity contribution in [1.82, 2.24) is 0 Å². The fourth-order valence-electron chi connectivity index (χ4n) is 2.70. The van der Waals surface area contributed by atoms with Gasteiger partial charge < -0.3 is 10.6 Å². The molecule has 0 atom stereocenters. The molecule has 2 N–H and O–H groups in total. The van der Waals surface area contributed by atoms with Crippen LogP contribution in [0.4, 0.5) is 11.4 Å². The zero-order chi connectivity index (χ0) is 15.0. The number of hydrogen-bond donors (Lipinski definition) is 1. The maximum atomic E-state index is 12.8. The van der Waals surface area contributed by atoms with Crippen LogP contribution in [0.2, 0.25) is 0 Å². The number of carbonyl (C=O) groups is 1. The smallest absolute Gasteiger partial charge is 0.258 e. The number of benzene rings is 2. The molecule has 0 unspecified atom stereocenters. The number of nitrogen functional groups attached to an aromatic ring is 1. The molecule has 108 valence electrons. The van der Waals surface area contributed by atoms with Gasteiger partial charge in [0, 0.05) is 32.4 Å². The van der Waals surface area contributed by atoms with Crippen LogP contribution >= 0.6 is 31.9 Å². The Morgan fingerprint density at radius 3 is 2.57 bits per heavy atom. The number of amides is 1. The van der Waals surface area contributed by atoms with Gasteiger partial charge in [0.1, 0.15) is 0 Å². The first-order chi connectivity index (χ1) is 10.1. The molecule has 5 heteroatoms. The standard InChI is InChI=1S/C16H14Br2N2O/c17-11-7-10(8-12(18)9-11)16(21)20-6-2-3-13-14(19)4-1-5-15(13)20/h1,4-5,7-9H,2-3,6,19H2. The number of carbonyl (C=O) groups excluding carboxylic acids is 1. The average molecular weight is 410 g/mol. The van der Waals surface area contributed by atoms with Gasteiger partial charge in [-0.3, -0.25) is 4.79 Å². The van der Waals surface area contributed by atoms with Gasteiger partial charge in [-0.05, 0) is 48.7 Å². The molecule has 2 aromatic rings. The van der Waals surface area contributed by atoms with Crippen molar-refractivity contribution in [2.45, 2.75) is 12.8 Å². The molecule has 3 rings (SSSR count). The number of rotatable bonds is 1. The zero-order valence-electron chi connectivity index (χ0n) is 11.3. The lowest BCUT2D eigenvalue weighted by Crippen LogP contribution is -2.35. The number of nitrogens with two attached hydrogens (primary N) is 1. The Morgan fingerprint density at radius 1 is 1.14 bits per heavy atom. The van der Waals surface area contributed by atoms with Gasteiger partial charge in [-0.15, -0.1) is 0 Å². The maximum Gasteiger partial charge on any atom is 0.258 e. The third-order valence-corrected chi connectivity index (χ3v) is 4.56. The molecule has 0 saturated carbocycles. The molecule has 21 heavy (non-hydrogen) atoms. The van der Waals surface area contributed by atoms with Crippen molar-refractivity contribution in [3.05, 3.63) is 56.5 Å². The van der Waals surface area contributed by atoms with E-state index in [2.05, 4.69) is 31.9 Å². The molecule has 1 heterocycles. The minimum absolute atomic E-state index is 0.00329. The van der Waals surface area contributed by atoms with Crippen LogP contribution in [0, 0.1) is 0 Å². The van der Waals surface area contributed by atoms with E-state index in [-0.39, 0.29) is 5.91 Å². The van der Waals surface area contributed by atoms with Crippen molar-refractivity contribution in [3.8, 4) is 0 Å². The molecule has 0 bridgehead atoms. The molecule has 3 nitrogen and oxygen atoms in total. The van der Waals surface area contributed by atoms with E-state index in [1.54, 1.807) is 0 Å². The summed E-state index contributed by atoms with van der Waals surface area (Å²) in [6, 6.07) is 11.4. The fraction of sp³-hybridized carbons (Fsp3) is 0.188. The van der Waals surface area contributed by atoms with Crippen LogP contribution in [0.1, 0.15) is 22.3 Å². The molecule has 0 aromatic heterocycles. The number of nitrogens with zero attached hydrogens (tertiary/aromatic N) is 1. The van der Waals surface area contributed by atoms with Crippen molar-refractivity contribution in [3.63, 3.8) is 0 Å². The Kier molecular flexibility index (Phi) is 4.04. The average Bonchev–Trinajstić information content (AvgIpc) is 2.45. The molecule has 1 amide bonds. The minimum Gasteiger partial charge on any atom is -0.398 e. The van der Waals surface area contributed by atoms with E-state index in [9.17, 15) is 4.79 Å². The summed E-state index contributed by atoms with van der Waals surface area (Å²) in [5.74, 6) is 0.00329. The lowest BCUT2D eigenvalue weighted by Gasteiger charge is -2.30. The highest BCUT2D eigenvalue weighted by atomic mass is 79.9. The van der Waals surface area contributed by atoms with Crippen LogP contribution in [0.3, 0.4) is 0 Å². The monoisotopic (exact) mass is 408 g/mol. The van der Waals surface area contributed by atoms with Crippen LogP contribution in [-0.4, -0.2) is 12.5 Å². The van der Waals surface area contributed by atoms with Crippen LogP contribution < -0.4 is 10.6 Å². The minimum atomic E-state index is 0.00329. The molecule has 1 aliphatic heterocycles. The second kappa shape index (κ2) is 5.81. The zero-order valence-corrected chi connectivity index (χ0v) is 14.4. The van der Waals surface area contributed by atoms with Crippen LogP contribution in [0.25, 0.3) is 0 Å². The topological polar surface area (TPSA) is 46.3 Å². The van der Waals surface area contributed by atoms with Crippen molar-refractivity contribution >= 4 is 49.1 Å². The van der Waals surface area contributed by atoms with E-state index in [1.807, 2.05) is 41.3 Å². The Hall–Kier alpha value is -1.33. The summed E-state index contributed by atoms with van der Waals surface area (Å²) in [6.07, 6.45) is 1.86. The summed E-state index contributed by atoms with van der Waals surface area (Å²) in [5.41, 5.74) is 9.47. The Labute approximate surface area is 140 Å². The Balaban J connectivity index is 2.02. The van der Waals surface area contributed by atoms with Gasteiger partial charge in [0.05, 0.1) is 0 Å². The van der Waals surface area contributed by atoms with E-state index in [1.165, 1.54) is 0 Å². The van der Waals surface area contributed by atoms with E-state index in [0.29, 0.717) is 5.56 Å². The van der Waals surface area contributed by atoms with Gasteiger partial charge in [0.2, 0.25) is 0 Å². The van der Waals surface area contributed by atoms with Gasteiger partial charge >= 0.3 is 0 Å². The Bertz CT molecular complexity index is 695. The highest BCUT2D eigenvalue weighted by Gasteiger charge is 2.24. The summed E-state index contributed by atoms with van der Waals surface area (Å²) in [7, 11) is 0. The molecule has 0 aliphatic carbocycles. The van der Waals surface area contributed by atoms with E-state index in [4.69, 9.17) is 5.73 Å². The predicted molar refractivity (Wildman–Crippen MR) is 92.7 cm³/mol. The normalized spacial score (nSPS) is 13.9. The number of hydrogen-bond acceptors (Lipinski definition) is 2. The largest absolute Gasteiger partial charge is 0.398 e. The fourth-order valence-corrected chi connectivity index (χ4v) is 3.99. The summed E-state index contributed by atoms with van der Waals surface area (Å²) in [4.78, 5) is 14.6. The van der Waals surface area contributed by atoms with Crippen molar-refractivity contribution < 1.29 is 4.79 Å². The third kappa shape index (κ3) is 2.85. The van der Waals surface area contributed by atoms with E-state index >= 15 is 0 Å². The highest BCUT2D eigenvalue weighted by Crippen LogP contribution is 2.32. The second-order valence-electron chi connectivity index (χ2n) is 5.06. The van der Waals surface area contributed by atoms with E-state index in [0.717, 1.165) is 45.3 Å². The quantitative estimate of drug-likeness (QED) is 0.710. The van der Waals surface area contributed by atoms with Crippen LogP contribution in [0.5, 0.6) is 0 Å². The van der Waals surface area contributed by atoms with Crippen molar-refractivity contribution in [2.24, 2.45) is 0 Å². The Morgan fingerprint density at radius 2 is 1.86 bits per heavy atom. The maximum absolute atomic E-state index is 12.8. The van der Waals surface area contributed by atoms with Gasteiger partial charge in [-0.25, -0.2) is 0 Å². The highest BCUT2D eigenvalue weighted by molar-refractivity contribution is 9.11. The van der Waals surface area contributed by atoms with Gasteiger partial charge in [0.15, 0.2) is 0 Å². The molecular weight excluding hydrogens is 396 g/mol. The summed E-state index contributed by atoms with van der Waals surface area (Å²) in [6.45, 7) is 0.722. The molecule has 0 radical (unpaired) electrons. The first-order valence-electron chi connectivity index (χ1n) is 6.71. The first-order valence-corrected chi connectivity index (χ1v) is 8.30. The lowest BCUT2D eigenvalue weighted by molar-refractivity contribution is 0.0985. The molecule has 0 fully saturated rings. The lowest BCUT2D eigenvalue weighted by atomic mass is 9.99. The van der Waals surface area contributed by atoms with Crippen molar-refractivity contribution in [1.29, 1.82) is 0 Å². The molecule has 0 spiro atoms. The summed E-state index contributed by atoms with van der Waals surface area (Å²) < 4.78 is 1.76. The van der Waals surface area contributed by atoms with Crippen LogP contribution in [0.15, 0.2) is 45.3 Å². The molecular formula is C16H14Br2N2O. The molecule has 1 aliphatic rings. The van der Waals surface area contributed by atoms with Gasteiger partial charge in [-0.1, -0.05) is 37.9 Å². The van der Waals surface area contributed by atoms with Gasteiger partial charge in [-0.2, -0.15) is 0 Å². The third-order valence-electron chi connectivity index (χ3n) is 3.64. The summed E-state index contributed by atoms with van der Waals surface area (Å²) in [5, 5.41) is 0. The van der Waals surface area contributed by atoms with Crippen LogP contribution in [-0.2, 0) is 6.42 Å².